The fourth-order valence-electron chi connectivity index (χ4n) is 1.66. The van der Waals surface area contributed by atoms with E-state index in [0.717, 1.165) is 18.6 Å². The monoisotopic (exact) mass is 182 g/mol. The maximum Gasteiger partial charge on any atom is 0.119 e. The predicted molar refractivity (Wildman–Crippen MR) is 49.9 cm³/mol. The number of rotatable bonds is 1. The minimum Gasteiger partial charge on any atom is -0.497 e. The predicted octanol–water partition coefficient (Wildman–Crippen LogP) is 2.92. The number of alkyl halides is 1. The van der Waals surface area contributed by atoms with Crippen LogP contribution >= 0.6 is 11.6 Å². The Balaban J connectivity index is 2.43. The average molecular weight is 183 g/mol. The summed E-state index contributed by atoms with van der Waals surface area (Å²) in [6.07, 6.45) is 2.16. The van der Waals surface area contributed by atoms with Crippen LogP contribution < -0.4 is 4.74 Å². The molecule has 0 amide bonds. The first kappa shape index (κ1) is 7.93. The highest BCUT2D eigenvalue weighted by Crippen LogP contribution is 2.37. The van der Waals surface area contributed by atoms with Crippen LogP contribution in [0.1, 0.15) is 22.9 Å². The molecule has 0 radical (unpaired) electrons. The number of ether oxygens (including phenoxy) is 1. The molecule has 0 fully saturated rings. The molecular weight excluding hydrogens is 172 g/mol. The van der Waals surface area contributed by atoms with Crippen molar-refractivity contribution in [2.24, 2.45) is 0 Å². The lowest BCUT2D eigenvalue weighted by atomic mass is 10.1. The van der Waals surface area contributed by atoms with Crippen molar-refractivity contribution in [1.29, 1.82) is 0 Å². The van der Waals surface area contributed by atoms with Crippen LogP contribution in [-0.2, 0) is 6.42 Å². The second-order valence-corrected chi connectivity index (χ2v) is 3.60. The van der Waals surface area contributed by atoms with Gasteiger partial charge in [0.1, 0.15) is 5.75 Å². The van der Waals surface area contributed by atoms with Gasteiger partial charge in [-0.3, -0.25) is 0 Å². The molecule has 0 heterocycles. The van der Waals surface area contributed by atoms with Crippen LogP contribution in [0.2, 0.25) is 0 Å². The van der Waals surface area contributed by atoms with E-state index in [-0.39, 0.29) is 5.38 Å². The molecule has 0 N–H and O–H groups in total. The summed E-state index contributed by atoms with van der Waals surface area (Å²) in [6, 6.07) is 6.14. The van der Waals surface area contributed by atoms with Crippen molar-refractivity contribution in [2.45, 2.75) is 18.2 Å². The number of halogens is 1. The number of fused-ring (bicyclic) bond motifs is 1. The number of hydrogen-bond acceptors (Lipinski definition) is 1. The third-order valence-corrected chi connectivity index (χ3v) is 2.81. The standard InChI is InChI=1S/C10H11ClO/c1-12-8-4-2-7-3-5-10(11)9(7)6-8/h2,4,6,10H,3,5H2,1H3/t10-/m0/s1. The Kier molecular flexibility index (Phi) is 1.97. The summed E-state index contributed by atoms with van der Waals surface area (Å²) in [7, 11) is 1.68. The van der Waals surface area contributed by atoms with E-state index in [2.05, 4.69) is 6.07 Å². The Morgan fingerprint density at radius 2 is 2.33 bits per heavy atom. The Morgan fingerprint density at radius 3 is 3.08 bits per heavy atom. The molecule has 1 aliphatic carbocycles. The fourth-order valence-corrected chi connectivity index (χ4v) is 1.97. The lowest BCUT2D eigenvalue weighted by Gasteiger charge is -2.05. The molecule has 64 valence electrons. The second-order valence-electron chi connectivity index (χ2n) is 3.07. The van der Waals surface area contributed by atoms with Crippen molar-refractivity contribution in [3.63, 3.8) is 0 Å². The Bertz CT molecular complexity index is 296. The molecule has 0 spiro atoms. The smallest absolute Gasteiger partial charge is 0.119 e. The summed E-state index contributed by atoms with van der Waals surface area (Å²) in [4.78, 5) is 0. The Hall–Kier alpha value is -0.690. The third kappa shape index (κ3) is 1.18. The highest BCUT2D eigenvalue weighted by Gasteiger charge is 2.20. The molecule has 1 nitrogen and oxygen atoms in total. The van der Waals surface area contributed by atoms with Gasteiger partial charge in [-0.05, 0) is 36.1 Å². The maximum atomic E-state index is 6.12. The fraction of sp³-hybridized carbons (Fsp3) is 0.400. The van der Waals surface area contributed by atoms with Crippen molar-refractivity contribution in [2.75, 3.05) is 7.11 Å². The van der Waals surface area contributed by atoms with Gasteiger partial charge >= 0.3 is 0 Å². The van der Waals surface area contributed by atoms with Crippen molar-refractivity contribution in [3.05, 3.63) is 29.3 Å². The molecule has 12 heavy (non-hydrogen) atoms. The molecule has 1 atom stereocenters. The largest absolute Gasteiger partial charge is 0.497 e. The molecule has 0 aromatic heterocycles. The van der Waals surface area contributed by atoms with Gasteiger partial charge in [-0.25, -0.2) is 0 Å². The number of methoxy groups -OCH3 is 1. The van der Waals surface area contributed by atoms with Gasteiger partial charge in [0, 0.05) is 0 Å². The van der Waals surface area contributed by atoms with Gasteiger partial charge in [-0.2, -0.15) is 0 Å². The zero-order valence-electron chi connectivity index (χ0n) is 7.01. The van der Waals surface area contributed by atoms with E-state index in [1.54, 1.807) is 7.11 Å². The molecule has 0 bridgehead atoms. The quantitative estimate of drug-likeness (QED) is 0.607. The van der Waals surface area contributed by atoms with E-state index in [1.807, 2.05) is 12.1 Å². The van der Waals surface area contributed by atoms with E-state index in [4.69, 9.17) is 16.3 Å². The lowest BCUT2D eigenvalue weighted by Crippen LogP contribution is -1.87. The zero-order valence-corrected chi connectivity index (χ0v) is 7.77. The normalized spacial score (nSPS) is 20.7. The van der Waals surface area contributed by atoms with Gasteiger partial charge in [0.25, 0.3) is 0 Å². The van der Waals surface area contributed by atoms with Crippen molar-refractivity contribution in [1.82, 2.24) is 0 Å². The molecule has 1 aliphatic rings. The number of benzene rings is 1. The first-order chi connectivity index (χ1) is 5.81. The van der Waals surface area contributed by atoms with Gasteiger partial charge < -0.3 is 4.74 Å². The first-order valence-corrected chi connectivity index (χ1v) is 4.56. The second kappa shape index (κ2) is 2.98. The molecule has 0 saturated heterocycles. The lowest BCUT2D eigenvalue weighted by molar-refractivity contribution is 0.414. The average Bonchev–Trinajstić information content (AvgIpc) is 2.47. The summed E-state index contributed by atoms with van der Waals surface area (Å²) < 4.78 is 5.13. The summed E-state index contributed by atoms with van der Waals surface area (Å²) in [6.45, 7) is 0. The Labute approximate surface area is 77.3 Å². The van der Waals surface area contributed by atoms with Gasteiger partial charge in [0.15, 0.2) is 0 Å². The molecule has 1 aromatic carbocycles. The summed E-state index contributed by atoms with van der Waals surface area (Å²) >= 11 is 6.12. The van der Waals surface area contributed by atoms with Crippen LogP contribution in [0.4, 0.5) is 0 Å². The SMILES string of the molecule is COc1ccc2c(c1)[C@@H](Cl)CC2. The summed E-state index contributed by atoms with van der Waals surface area (Å²) in [5.41, 5.74) is 2.62. The van der Waals surface area contributed by atoms with E-state index < -0.39 is 0 Å². The van der Waals surface area contributed by atoms with Crippen LogP contribution in [0.15, 0.2) is 18.2 Å². The Morgan fingerprint density at radius 1 is 1.50 bits per heavy atom. The van der Waals surface area contributed by atoms with Crippen LogP contribution in [-0.4, -0.2) is 7.11 Å². The maximum absolute atomic E-state index is 6.12. The van der Waals surface area contributed by atoms with Crippen LogP contribution in [0, 0.1) is 0 Å². The number of hydrogen-bond donors (Lipinski definition) is 0. The van der Waals surface area contributed by atoms with E-state index in [9.17, 15) is 0 Å². The van der Waals surface area contributed by atoms with Gasteiger partial charge in [0.2, 0.25) is 0 Å². The molecule has 2 rings (SSSR count). The summed E-state index contributed by atoms with van der Waals surface area (Å²) in [5.74, 6) is 0.904. The van der Waals surface area contributed by atoms with Crippen LogP contribution in [0.25, 0.3) is 0 Å². The highest BCUT2D eigenvalue weighted by atomic mass is 35.5. The van der Waals surface area contributed by atoms with E-state index in [0.29, 0.717) is 0 Å². The van der Waals surface area contributed by atoms with Gasteiger partial charge in [0.05, 0.1) is 12.5 Å². The highest BCUT2D eigenvalue weighted by molar-refractivity contribution is 6.21. The molecule has 0 aliphatic heterocycles. The van der Waals surface area contributed by atoms with Crippen LogP contribution in [0.5, 0.6) is 5.75 Å². The van der Waals surface area contributed by atoms with Crippen molar-refractivity contribution < 1.29 is 4.74 Å². The number of aryl methyl sites for hydroxylation is 1. The van der Waals surface area contributed by atoms with E-state index in [1.165, 1.54) is 11.1 Å². The third-order valence-electron chi connectivity index (χ3n) is 2.36. The molecule has 2 heteroatoms. The zero-order chi connectivity index (χ0) is 8.55. The van der Waals surface area contributed by atoms with Crippen molar-refractivity contribution in [3.8, 4) is 5.75 Å². The molecule has 0 saturated carbocycles. The summed E-state index contributed by atoms with van der Waals surface area (Å²) in [5, 5.41) is 0.190. The molecular formula is C10H11ClO. The van der Waals surface area contributed by atoms with Gasteiger partial charge in [-0.1, -0.05) is 6.07 Å². The van der Waals surface area contributed by atoms with Crippen LogP contribution in [0.3, 0.4) is 0 Å². The minimum atomic E-state index is 0.190. The topological polar surface area (TPSA) is 9.23 Å². The first-order valence-electron chi connectivity index (χ1n) is 4.12. The van der Waals surface area contributed by atoms with Crippen molar-refractivity contribution >= 4 is 11.6 Å². The van der Waals surface area contributed by atoms with Gasteiger partial charge in [-0.15, -0.1) is 11.6 Å². The molecule has 0 unspecified atom stereocenters. The minimum absolute atomic E-state index is 0.190. The van der Waals surface area contributed by atoms with E-state index >= 15 is 0 Å². The molecule has 1 aromatic rings.